The number of aliphatic carboxylic acids is 1. The zero-order chi connectivity index (χ0) is 18.0. The lowest BCUT2D eigenvalue weighted by atomic mass is 9.77. The first-order valence-corrected chi connectivity index (χ1v) is 8.73. The van der Waals surface area contributed by atoms with Gasteiger partial charge in [0.1, 0.15) is 0 Å². The first-order valence-electron chi connectivity index (χ1n) is 7.85. The molecule has 2 heterocycles. The van der Waals surface area contributed by atoms with E-state index in [4.69, 9.17) is 14.4 Å². The highest BCUT2D eigenvalue weighted by molar-refractivity contribution is 7.11. The third-order valence-corrected chi connectivity index (χ3v) is 5.24. The van der Waals surface area contributed by atoms with Crippen molar-refractivity contribution in [3.05, 3.63) is 33.4 Å². The molecule has 0 radical (unpaired) electrons. The molecule has 0 aliphatic carbocycles. The largest absolute Gasteiger partial charge is 0.491 e. The van der Waals surface area contributed by atoms with E-state index in [0.29, 0.717) is 6.54 Å². The third-order valence-electron chi connectivity index (χ3n) is 4.32. The van der Waals surface area contributed by atoms with Crippen molar-refractivity contribution in [1.29, 1.82) is 0 Å². The molecule has 1 aromatic heterocycles. The minimum Gasteiger partial charge on any atom is -0.478 e. The van der Waals surface area contributed by atoms with Gasteiger partial charge >= 0.3 is 13.1 Å². The number of likely N-dealkylation sites (N-methyl/N-ethyl adjacent to an activating group) is 1. The second kappa shape index (κ2) is 7.23. The van der Waals surface area contributed by atoms with Gasteiger partial charge in [0, 0.05) is 17.5 Å². The van der Waals surface area contributed by atoms with Gasteiger partial charge in [-0.25, -0.2) is 4.79 Å². The van der Waals surface area contributed by atoms with E-state index in [0.717, 1.165) is 22.0 Å². The summed E-state index contributed by atoms with van der Waals surface area (Å²) in [5.41, 5.74) is 1.25. The molecule has 0 aromatic carbocycles. The minimum atomic E-state index is -0.950. The number of hydrogen-bond donors (Lipinski definition) is 2. The average Bonchev–Trinajstić information content (AvgIpc) is 2.98. The molecule has 2 N–H and O–H groups in total. The van der Waals surface area contributed by atoms with Gasteiger partial charge in [-0.15, -0.1) is 11.3 Å². The molecule has 1 aromatic rings. The van der Waals surface area contributed by atoms with Gasteiger partial charge in [-0.05, 0) is 63.3 Å². The fourth-order valence-electron chi connectivity index (χ4n) is 2.30. The van der Waals surface area contributed by atoms with Gasteiger partial charge in [0.05, 0.1) is 11.2 Å². The zero-order valence-electron chi connectivity index (χ0n) is 14.8. The van der Waals surface area contributed by atoms with Crippen LogP contribution in [0.25, 0.3) is 12.2 Å². The fourth-order valence-corrected chi connectivity index (χ4v) is 3.06. The second-order valence-corrected chi connectivity index (χ2v) is 7.73. The molecule has 130 valence electrons. The molecule has 1 fully saturated rings. The Morgan fingerprint density at radius 1 is 1.33 bits per heavy atom. The second-order valence-electron chi connectivity index (χ2n) is 6.79. The van der Waals surface area contributed by atoms with Crippen LogP contribution in [0.4, 0.5) is 0 Å². The number of hydrogen-bond acceptors (Lipinski definition) is 5. The van der Waals surface area contributed by atoms with Crippen molar-refractivity contribution in [2.24, 2.45) is 0 Å². The van der Waals surface area contributed by atoms with Crippen LogP contribution < -0.4 is 5.32 Å². The quantitative estimate of drug-likeness (QED) is 0.610. The lowest BCUT2D eigenvalue weighted by Crippen LogP contribution is -2.41. The summed E-state index contributed by atoms with van der Waals surface area (Å²) in [5, 5.41) is 13.8. The molecular formula is C17H24BNO4S. The number of rotatable bonds is 6. The van der Waals surface area contributed by atoms with E-state index in [1.807, 2.05) is 52.3 Å². The van der Waals surface area contributed by atoms with E-state index in [1.165, 1.54) is 11.3 Å². The first-order chi connectivity index (χ1) is 11.1. The van der Waals surface area contributed by atoms with Gasteiger partial charge in [0.25, 0.3) is 0 Å². The van der Waals surface area contributed by atoms with E-state index in [2.05, 4.69) is 5.32 Å². The van der Waals surface area contributed by atoms with E-state index < -0.39 is 13.1 Å². The molecule has 7 heteroatoms. The summed E-state index contributed by atoms with van der Waals surface area (Å²) in [6, 6.07) is 1.95. The Hall–Kier alpha value is -1.41. The molecule has 1 saturated heterocycles. The highest BCUT2D eigenvalue weighted by Crippen LogP contribution is 2.38. The number of carbonyl (C=O) groups is 1. The molecular weight excluding hydrogens is 325 g/mol. The standard InChI is InChI=1S/C17H24BNO4S/c1-16(2)17(3,4)23-18(22-16)13(10-19-5)8-12-9-14(24-11-12)6-7-15(20)21/h6-9,11,19H,10H2,1-5H3,(H,20,21)/b7-6+,13-8?. The van der Waals surface area contributed by atoms with Crippen LogP contribution in [0.15, 0.2) is 23.0 Å². The Morgan fingerprint density at radius 3 is 2.50 bits per heavy atom. The van der Waals surface area contributed by atoms with Gasteiger partial charge in [0.15, 0.2) is 0 Å². The summed E-state index contributed by atoms with van der Waals surface area (Å²) < 4.78 is 12.2. The molecule has 0 saturated carbocycles. The number of nitrogens with one attached hydrogen (secondary N) is 1. The highest BCUT2D eigenvalue weighted by atomic mass is 32.1. The van der Waals surface area contributed by atoms with Gasteiger partial charge < -0.3 is 19.7 Å². The molecule has 0 unspecified atom stereocenters. The average molecular weight is 349 g/mol. The maximum atomic E-state index is 10.6. The maximum Gasteiger partial charge on any atom is 0.491 e. The molecule has 0 spiro atoms. The van der Waals surface area contributed by atoms with Crippen LogP contribution in [0.1, 0.15) is 38.1 Å². The summed E-state index contributed by atoms with van der Waals surface area (Å²) in [6.07, 6.45) is 4.77. The van der Waals surface area contributed by atoms with E-state index in [-0.39, 0.29) is 11.2 Å². The lowest BCUT2D eigenvalue weighted by molar-refractivity contribution is -0.131. The monoisotopic (exact) mass is 349 g/mol. The number of carboxylic acids is 1. The highest BCUT2D eigenvalue weighted by Gasteiger charge is 2.52. The van der Waals surface area contributed by atoms with Crippen molar-refractivity contribution in [1.82, 2.24) is 5.32 Å². The molecule has 1 aliphatic rings. The van der Waals surface area contributed by atoms with Crippen LogP contribution in [0.2, 0.25) is 0 Å². The van der Waals surface area contributed by atoms with Crippen LogP contribution in [-0.2, 0) is 14.1 Å². The Balaban J connectivity index is 2.22. The lowest BCUT2D eigenvalue weighted by Gasteiger charge is -2.32. The van der Waals surface area contributed by atoms with Crippen LogP contribution >= 0.6 is 11.3 Å². The third kappa shape index (κ3) is 4.36. The Labute approximate surface area is 147 Å². The smallest absolute Gasteiger partial charge is 0.478 e. The first kappa shape index (κ1) is 18.9. The Kier molecular flexibility index (Phi) is 5.70. The van der Waals surface area contributed by atoms with Crippen molar-refractivity contribution in [3.63, 3.8) is 0 Å². The fraction of sp³-hybridized carbons (Fsp3) is 0.471. The molecule has 1 aliphatic heterocycles. The van der Waals surface area contributed by atoms with Crippen molar-refractivity contribution >= 4 is 36.6 Å². The molecule has 0 atom stereocenters. The Bertz CT molecular complexity index is 647. The minimum absolute atomic E-state index is 0.380. The van der Waals surface area contributed by atoms with Gasteiger partial charge in [-0.3, -0.25) is 0 Å². The normalized spacial score (nSPS) is 20.0. The maximum absolute atomic E-state index is 10.6. The molecule has 0 amide bonds. The van der Waals surface area contributed by atoms with Crippen molar-refractivity contribution < 1.29 is 19.2 Å². The number of thiophene rings is 1. The zero-order valence-corrected chi connectivity index (χ0v) is 15.6. The van der Waals surface area contributed by atoms with Gasteiger partial charge in [-0.1, -0.05) is 6.08 Å². The predicted octanol–water partition coefficient (Wildman–Crippen LogP) is 3.08. The van der Waals surface area contributed by atoms with Crippen molar-refractivity contribution in [2.45, 2.75) is 38.9 Å². The van der Waals surface area contributed by atoms with Crippen LogP contribution in [0.3, 0.4) is 0 Å². The molecule has 5 nitrogen and oxygen atoms in total. The Morgan fingerprint density at radius 2 is 1.96 bits per heavy atom. The van der Waals surface area contributed by atoms with Crippen LogP contribution in [-0.4, -0.2) is 43.0 Å². The summed E-state index contributed by atoms with van der Waals surface area (Å²) in [4.78, 5) is 11.5. The van der Waals surface area contributed by atoms with Gasteiger partial charge in [-0.2, -0.15) is 0 Å². The molecule has 0 bridgehead atoms. The SMILES string of the molecule is CNCC(=Cc1csc(/C=C/C(=O)O)c1)B1OC(C)(C)C(C)(C)O1. The van der Waals surface area contributed by atoms with Crippen LogP contribution in [0.5, 0.6) is 0 Å². The van der Waals surface area contributed by atoms with E-state index in [1.54, 1.807) is 6.08 Å². The summed E-state index contributed by atoms with van der Waals surface area (Å²) in [5.74, 6) is -0.950. The number of carboxylic acid groups (broad SMARTS) is 1. The van der Waals surface area contributed by atoms with E-state index >= 15 is 0 Å². The summed E-state index contributed by atoms with van der Waals surface area (Å²) in [6.45, 7) is 8.77. The molecule has 24 heavy (non-hydrogen) atoms. The van der Waals surface area contributed by atoms with E-state index in [9.17, 15) is 4.79 Å². The summed E-state index contributed by atoms with van der Waals surface area (Å²) in [7, 11) is 1.48. The molecule has 2 rings (SSSR count). The predicted molar refractivity (Wildman–Crippen MR) is 99.0 cm³/mol. The van der Waals surface area contributed by atoms with Gasteiger partial charge in [0.2, 0.25) is 0 Å². The van der Waals surface area contributed by atoms with Crippen LogP contribution in [0, 0.1) is 0 Å². The topological polar surface area (TPSA) is 67.8 Å². The summed E-state index contributed by atoms with van der Waals surface area (Å²) >= 11 is 1.50. The van der Waals surface area contributed by atoms with Crippen molar-refractivity contribution in [3.8, 4) is 0 Å². The van der Waals surface area contributed by atoms with Crippen molar-refractivity contribution in [2.75, 3.05) is 13.6 Å².